The van der Waals surface area contributed by atoms with Crippen LogP contribution in [0.25, 0.3) is 0 Å². The quantitative estimate of drug-likeness (QED) is 0.381. The molecule has 1 aliphatic carbocycles. The van der Waals surface area contributed by atoms with Crippen LogP contribution in [0.1, 0.15) is 42.5 Å². The number of hydrogen-bond acceptors (Lipinski definition) is 5. The maximum absolute atomic E-state index is 13.0. The van der Waals surface area contributed by atoms with E-state index < -0.39 is 48.1 Å². The molecule has 1 unspecified atom stereocenters. The van der Waals surface area contributed by atoms with E-state index in [2.05, 4.69) is 16.0 Å². The van der Waals surface area contributed by atoms with E-state index in [0.29, 0.717) is 13.0 Å². The summed E-state index contributed by atoms with van der Waals surface area (Å²) < 4.78 is 37.6. The van der Waals surface area contributed by atoms with Crippen LogP contribution in [-0.4, -0.2) is 54.2 Å². The second-order valence-corrected chi connectivity index (χ2v) is 8.62. The topological polar surface area (TPSA) is 133 Å². The first-order chi connectivity index (χ1) is 15.9. The van der Waals surface area contributed by atoms with Crippen LogP contribution in [0.2, 0.25) is 5.02 Å². The summed E-state index contributed by atoms with van der Waals surface area (Å²) in [5, 5.41) is 9.57. The summed E-state index contributed by atoms with van der Waals surface area (Å²) >= 11 is 5.92. The van der Waals surface area contributed by atoms with E-state index in [9.17, 15) is 37.1 Å². The van der Waals surface area contributed by atoms with Gasteiger partial charge in [-0.15, -0.1) is 0 Å². The van der Waals surface area contributed by atoms with Crippen molar-refractivity contribution in [2.45, 2.75) is 50.4 Å². The molecule has 2 atom stereocenters. The molecule has 0 bridgehead atoms. The molecular weight excluding hydrogens is 481 g/mol. The summed E-state index contributed by atoms with van der Waals surface area (Å²) in [5.74, 6) is -5.16. The first kappa shape index (κ1) is 25.5. The van der Waals surface area contributed by atoms with Gasteiger partial charge in [-0.05, 0) is 43.9 Å². The zero-order chi connectivity index (χ0) is 25.0. The molecule has 0 aromatic heterocycles. The van der Waals surface area contributed by atoms with Gasteiger partial charge < -0.3 is 21.3 Å². The Morgan fingerprint density at radius 2 is 1.85 bits per heavy atom. The van der Waals surface area contributed by atoms with Crippen molar-refractivity contribution >= 4 is 46.7 Å². The minimum atomic E-state index is -4.76. The van der Waals surface area contributed by atoms with Gasteiger partial charge in [-0.1, -0.05) is 11.6 Å². The van der Waals surface area contributed by atoms with Crippen molar-refractivity contribution in [3.05, 3.63) is 28.8 Å². The number of carbonyl (C=O) groups is 5. The molecule has 1 saturated carbocycles. The average molecular weight is 503 g/mol. The maximum atomic E-state index is 13.0. The van der Waals surface area contributed by atoms with E-state index in [1.165, 1.54) is 6.07 Å². The van der Waals surface area contributed by atoms with Gasteiger partial charge in [-0.3, -0.25) is 24.0 Å². The van der Waals surface area contributed by atoms with Crippen molar-refractivity contribution in [3.63, 3.8) is 0 Å². The minimum Gasteiger partial charge on any atom is -0.356 e. The first-order valence-corrected chi connectivity index (χ1v) is 10.9. The highest BCUT2D eigenvalue weighted by Gasteiger charge is 2.36. The molecule has 1 saturated heterocycles. The lowest BCUT2D eigenvalue weighted by molar-refractivity contribution is -0.150. The molecule has 184 valence electrons. The minimum absolute atomic E-state index is 0.0449. The molecule has 13 heteroatoms. The van der Waals surface area contributed by atoms with Crippen LogP contribution in [0.3, 0.4) is 0 Å². The predicted molar refractivity (Wildman–Crippen MR) is 114 cm³/mol. The standard InChI is InChI=1S/C21H22ClF3N4O5/c22-11-1-4-14(28-16(30)9-21(23,24)25)13(8-11)19(33)29-15(7-10-5-6-26-18(10)32)17(31)20(34)27-12-2-3-12/h1,4,8,10,12,15H,2-3,5-7,9H2,(H,26,32)(H,27,34)(H,28,30)(H,29,33)/t10-,15?/m0/s1. The van der Waals surface area contributed by atoms with Crippen LogP contribution >= 0.6 is 11.6 Å². The fourth-order valence-corrected chi connectivity index (χ4v) is 3.63. The Labute approximate surface area is 197 Å². The van der Waals surface area contributed by atoms with Gasteiger partial charge in [0, 0.05) is 23.5 Å². The number of alkyl halides is 3. The van der Waals surface area contributed by atoms with Crippen molar-refractivity contribution in [3.8, 4) is 0 Å². The Balaban J connectivity index is 1.79. The maximum Gasteiger partial charge on any atom is 0.397 e. The highest BCUT2D eigenvalue weighted by molar-refractivity contribution is 6.38. The summed E-state index contributed by atoms with van der Waals surface area (Å²) in [6.07, 6.45) is -4.82. The van der Waals surface area contributed by atoms with E-state index in [-0.39, 0.29) is 34.6 Å². The Bertz CT molecular complexity index is 1010. The van der Waals surface area contributed by atoms with Gasteiger partial charge in [0.2, 0.25) is 17.6 Å². The first-order valence-electron chi connectivity index (χ1n) is 10.5. The van der Waals surface area contributed by atoms with Gasteiger partial charge in [0.25, 0.3) is 11.8 Å². The van der Waals surface area contributed by atoms with Crippen molar-refractivity contribution in [2.24, 2.45) is 5.92 Å². The number of ketones is 1. The second kappa shape index (κ2) is 10.4. The molecule has 2 fully saturated rings. The summed E-state index contributed by atoms with van der Waals surface area (Å²) in [4.78, 5) is 61.8. The third-order valence-electron chi connectivity index (χ3n) is 5.30. The van der Waals surface area contributed by atoms with Crippen molar-refractivity contribution in [1.82, 2.24) is 16.0 Å². The lowest BCUT2D eigenvalue weighted by Gasteiger charge is -2.21. The zero-order valence-electron chi connectivity index (χ0n) is 17.8. The molecule has 1 aliphatic heterocycles. The Morgan fingerprint density at radius 3 is 2.44 bits per heavy atom. The largest absolute Gasteiger partial charge is 0.397 e. The van der Waals surface area contributed by atoms with Gasteiger partial charge in [0.05, 0.1) is 17.3 Å². The lowest BCUT2D eigenvalue weighted by Crippen LogP contribution is -2.49. The smallest absolute Gasteiger partial charge is 0.356 e. The van der Waals surface area contributed by atoms with Crippen LogP contribution in [0.4, 0.5) is 18.9 Å². The number of amides is 4. The van der Waals surface area contributed by atoms with Crippen LogP contribution in [0.5, 0.6) is 0 Å². The Morgan fingerprint density at radius 1 is 1.15 bits per heavy atom. The summed E-state index contributed by atoms with van der Waals surface area (Å²) in [6, 6.07) is 2.01. The fourth-order valence-electron chi connectivity index (χ4n) is 3.45. The molecule has 4 N–H and O–H groups in total. The van der Waals surface area contributed by atoms with Gasteiger partial charge >= 0.3 is 6.18 Å². The van der Waals surface area contributed by atoms with E-state index >= 15 is 0 Å². The highest BCUT2D eigenvalue weighted by Crippen LogP contribution is 2.25. The Kier molecular flexibility index (Phi) is 7.80. The number of anilines is 1. The fraction of sp³-hybridized carbons (Fsp3) is 0.476. The number of benzene rings is 1. The van der Waals surface area contributed by atoms with Gasteiger partial charge in [-0.2, -0.15) is 13.2 Å². The average Bonchev–Trinajstić information content (AvgIpc) is 3.46. The summed E-state index contributed by atoms with van der Waals surface area (Å²) in [5.41, 5.74) is -0.567. The predicted octanol–water partition coefficient (Wildman–Crippen LogP) is 1.70. The molecule has 0 spiro atoms. The van der Waals surface area contributed by atoms with Crippen molar-refractivity contribution in [1.29, 1.82) is 0 Å². The number of carbonyl (C=O) groups excluding carboxylic acids is 5. The van der Waals surface area contributed by atoms with Crippen LogP contribution in [0, 0.1) is 5.92 Å². The third kappa shape index (κ3) is 7.17. The third-order valence-corrected chi connectivity index (χ3v) is 5.54. The molecule has 0 radical (unpaired) electrons. The van der Waals surface area contributed by atoms with Crippen LogP contribution in [-0.2, 0) is 19.2 Å². The Hall–Kier alpha value is -3.15. The summed E-state index contributed by atoms with van der Waals surface area (Å²) in [6.45, 7) is 0.385. The molecular formula is C21H22ClF3N4O5. The van der Waals surface area contributed by atoms with Crippen LogP contribution in [0.15, 0.2) is 18.2 Å². The number of rotatable bonds is 9. The lowest BCUT2D eigenvalue weighted by atomic mass is 9.95. The molecule has 9 nitrogen and oxygen atoms in total. The molecule has 2 aliphatic rings. The molecule has 1 heterocycles. The number of halogens is 4. The number of hydrogen-bond donors (Lipinski definition) is 4. The molecule has 3 rings (SSSR count). The molecule has 34 heavy (non-hydrogen) atoms. The van der Waals surface area contributed by atoms with E-state index in [4.69, 9.17) is 11.6 Å². The number of Topliss-reactive ketones (excluding diaryl/α,β-unsaturated/α-hetero) is 1. The van der Waals surface area contributed by atoms with E-state index in [1.807, 2.05) is 5.32 Å². The van der Waals surface area contributed by atoms with Gasteiger partial charge in [0.1, 0.15) is 6.42 Å². The SMILES string of the molecule is O=C(CC(F)(F)F)Nc1ccc(Cl)cc1C(=O)NC(C[C@@H]1CCNC1=O)C(=O)C(=O)NC1CC1. The zero-order valence-corrected chi connectivity index (χ0v) is 18.5. The van der Waals surface area contributed by atoms with Crippen LogP contribution < -0.4 is 21.3 Å². The van der Waals surface area contributed by atoms with Crippen molar-refractivity contribution in [2.75, 3.05) is 11.9 Å². The van der Waals surface area contributed by atoms with E-state index in [1.54, 1.807) is 0 Å². The second-order valence-electron chi connectivity index (χ2n) is 8.18. The normalized spacial score (nSPS) is 18.6. The van der Waals surface area contributed by atoms with Gasteiger partial charge in [-0.25, -0.2) is 0 Å². The van der Waals surface area contributed by atoms with Crippen molar-refractivity contribution < 1.29 is 37.1 Å². The highest BCUT2D eigenvalue weighted by atomic mass is 35.5. The van der Waals surface area contributed by atoms with Gasteiger partial charge in [0.15, 0.2) is 0 Å². The number of nitrogens with one attached hydrogen (secondary N) is 4. The molecule has 1 aromatic carbocycles. The molecule has 4 amide bonds. The van der Waals surface area contributed by atoms with E-state index in [0.717, 1.165) is 25.0 Å². The summed E-state index contributed by atoms with van der Waals surface area (Å²) in [7, 11) is 0. The monoisotopic (exact) mass is 502 g/mol. The molecule has 1 aromatic rings.